The van der Waals surface area contributed by atoms with Crippen LogP contribution in [-0.2, 0) is 0 Å². The highest BCUT2D eigenvalue weighted by molar-refractivity contribution is 5.94. The van der Waals surface area contributed by atoms with Crippen molar-refractivity contribution in [3.8, 4) is 6.07 Å². The van der Waals surface area contributed by atoms with Crippen LogP contribution in [0.5, 0.6) is 0 Å². The summed E-state index contributed by atoms with van der Waals surface area (Å²) >= 11 is 0. The third-order valence-electron chi connectivity index (χ3n) is 3.99. The van der Waals surface area contributed by atoms with Crippen molar-refractivity contribution in [2.45, 2.75) is 38.6 Å². The number of carbonyl (C=O) groups is 1. The highest BCUT2D eigenvalue weighted by atomic mass is 16.2. The summed E-state index contributed by atoms with van der Waals surface area (Å²) in [7, 11) is 0. The molecule has 3 nitrogen and oxygen atoms in total. The molecule has 3 heteroatoms. The number of nitrogens with zero attached hydrogens (tertiary/aromatic N) is 2. The lowest BCUT2D eigenvalue weighted by Crippen LogP contribution is -2.45. The van der Waals surface area contributed by atoms with Gasteiger partial charge in [-0.1, -0.05) is 38.0 Å². The maximum absolute atomic E-state index is 12.6. The monoisotopic (exact) mass is 256 g/mol. The van der Waals surface area contributed by atoms with Gasteiger partial charge in [-0.05, 0) is 30.9 Å². The average Bonchev–Trinajstić information content (AvgIpc) is 2.46. The van der Waals surface area contributed by atoms with Gasteiger partial charge in [-0.2, -0.15) is 5.26 Å². The third-order valence-corrected chi connectivity index (χ3v) is 3.99. The molecule has 0 radical (unpaired) electrons. The van der Waals surface area contributed by atoms with Crippen molar-refractivity contribution < 1.29 is 4.79 Å². The summed E-state index contributed by atoms with van der Waals surface area (Å²) in [5, 5.41) is 9.01. The first-order chi connectivity index (χ1) is 9.24. The summed E-state index contributed by atoms with van der Waals surface area (Å²) in [6, 6.07) is 11.6. The SMILES string of the molecule is C[C@H]1CCCC[C@@H]1N(CC#N)C(=O)c1ccccc1. The number of benzene rings is 1. The van der Waals surface area contributed by atoms with Gasteiger partial charge in [0.25, 0.3) is 5.91 Å². The van der Waals surface area contributed by atoms with E-state index in [9.17, 15) is 4.79 Å². The van der Waals surface area contributed by atoms with E-state index < -0.39 is 0 Å². The first kappa shape index (κ1) is 13.6. The maximum Gasteiger partial charge on any atom is 0.254 e. The Balaban J connectivity index is 2.20. The normalized spacial score (nSPS) is 22.5. The number of hydrogen-bond acceptors (Lipinski definition) is 2. The van der Waals surface area contributed by atoms with Gasteiger partial charge in [0.15, 0.2) is 0 Å². The van der Waals surface area contributed by atoms with Gasteiger partial charge in [0.2, 0.25) is 0 Å². The summed E-state index contributed by atoms with van der Waals surface area (Å²) in [5.74, 6) is 0.468. The lowest BCUT2D eigenvalue weighted by atomic mass is 9.84. The van der Waals surface area contributed by atoms with E-state index in [-0.39, 0.29) is 18.5 Å². The van der Waals surface area contributed by atoms with Crippen molar-refractivity contribution in [3.63, 3.8) is 0 Å². The summed E-state index contributed by atoms with van der Waals surface area (Å²) in [5.41, 5.74) is 0.676. The third kappa shape index (κ3) is 3.14. The van der Waals surface area contributed by atoms with Gasteiger partial charge < -0.3 is 4.90 Å². The highest BCUT2D eigenvalue weighted by Gasteiger charge is 2.30. The molecule has 2 atom stereocenters. The van der Waals surface area contributed by atoms with Crippen LogP contribution in [0.4, 0.5) is 0 Å². The molecule has 1 aliphatic rings. The zero-order chi connectivity index (χ0) is 13.7. The maximum atomic E-state index is 12.6. The van der Waals surface area contributed by atoms with E-state index in [1.165, 1.54) is 6.42 Å². The summed E-state index contributed by atoms with van der Waals surface area (Å²) in [6.07, 6.45) is 4.55. The van der Waals surface area contributed by atoms with Crippen LogP contribution in [0.3, 0.4) is 0 Å². The zero-order valence-corrected chi connectivity index (χ0v) is 11.4. The van der Waals surface area contributed by atoms with Crippen LogP contribution in [0.2, 0.25) is 0 Å². The van der Waals surface area contributed by atoms with Crippen LogP contribution < -0.4 is 0 Å². The van der Waals surface area contributed by atoms with Gasteiger partial charge in [-0.15, -0.1) is 0 Å². The Bertz CT molecular complexity index is 463. The van der Waals surface area contributed by atoms with Gasteiger partial charge in [-0.3, -0.25) is 4.79 Å². The predicted molar refractivity (Wildman–Crippen MR) is 74.5 cm³/mol. The Hall–Kier alpha value is -1.82. The fraction of sp³-hybridized carbons (Fsp3) is 0.500. The van der Waals surface area contributed by atoms with Crippen molar-refractivity contribution >= 4 is 5.91 Å². The molecule has 0 heterocycles. The first-order valence-corrected chi connectivity index (χ1v) is 6.97. The first-order valence-electron chi connectivity index (χ1n) is 6.97. The number of nitriles is 1. The van der Waals surface area contributed by atoms with E-state index in [4.69, 9.17) is 5.26 Å². The molecule has 1 saturated carbocycles. The van der Waals surface area contributed by atoms with E-state index >= 15 is 0 Å². The second kappa shape index (κ2) is 6.38. The molecule has 100 valence electrons. The Labute approximate surface area is 114 Å². The van der Waals surface area contributed by atoms with Crippen LogP contribution in [-0.4, -0.2) is 23.4 Å². The molecule has 0 aliphatic heterocycles. The number of carbonyl (C=O) groups excluding carboxylic acids is 1. The topological polar surface area (TPSA) is 44.1 Å². The highest BCUT2D eigenvalue weighted by Crippen LogP contribution is 2.28. The molecule has 0 bridgehead atoms. The largest absolute Gasteiger partial charge is 0.322 e. The molecule has 0 unspecified atom stereocenters. The fourth-order valence-corrected chi connectivity index (χ4v) is 2.92. The van der Waals surface area contributed by atoms with E-state index in [1.54, 1.807) is 4.90 Å². The zero-order valence-electron chi connectivity index (χ0n) is 11.4. The van der Waals surface area contributed by atoms with Gasteiger partial charge in [0.05, 0.1) is 6.07 Å². The predicted octanol–water partition coefficient (Wildman–Crippen LogP) is 3.23. The molecule has 0 saturated heterocycles. The second-order valence-electron chi connectivity index (χ2n) is 5.29. The van der Waals surface area contributed by atoms with E-state index in [0.29, 0.717) is 11.5 Å². The van der Waals surface area contributed by atoms with Gasteiger partial charge in [-0.25, -0.2) is 0 Å². The van der Waals surface area contributed by atoms with Crippen molar-refractivity contribution in [2.24, 2.45) is 5.92 Å². The minimum atomic E-state index is -0.0131. The minimum Gasteiger partial charge on any atom is -0.322 e. The molecular weight excluding hydrogens is 236 g/mol. The van der Waals surface area contributed by atoms with Crippen molar-refractivity contribution in [1.29, 1.82) is 5.26 Å². The Morgan fingerprint density at radius 3 is 2.63 bits per heavy atom. The lowest BCUT2D eigenvalue weighted by molar-refractivity contribution is 0.0592. The van der Waals surface area contributed by atoms with Crippen LogP contribution in [0.15, 0.2) is 30.3 Å². The van der Waals surface area contributed by atoms with Crippen molar-refractivity contribution in [2.75, 3.05) is 6.54 Å². The van der Waals surface area contributed by atoms with E-state index in [0.717, 1.165) is 19.3 Å². The van der Waals surface area contributed by atoms with Crippen molar-refractivity contribution in [1.82, 2.24) is 4.90 Å². The Morgan fingerprint density at radius 2 is 2.00 bits per heavy atom. The molecule has 0 spiro atoms. The summed E-state index contributed by atoms with van der Waals surface area (Å²) in [6.45, 7) is 2.37. The van der Waals surface area contributed by atoms with Gasteiger partial charge in [0.1, 0.15) is 6.54 Å². The number of hydrogen-bond donors (Lipinski definition) is 0. The summed E-state index contributed by atoms with van der Waals surface area (Å²) in [4.78, 5) is 14.3. The molecule has 1 aliphatic carbocycles. The van der Waals surface area contributed by atoms with Crippen molar-refractivity contribution in [3.05, 3.63) is 35.9 Å². The minimum absolute atomic E-state index is 0.0131. The lowest BCUT2D eigenvalue weighted by Gasteiger charge is -2.37. The molecule has 0 aromatic heterocycles. The molecule has 19 heavy (non-hydrogen) atoms. The van der Waals surface area contributed by atoms with E-state index in [2.05, 4.69) is 13.0 Å². The molecule has 2 rings (SSSR count). The standard InChI is InChI=1S/C16H20N2O/c1-13-7-5-6-10-15(13)18(12-11-17)16(19)14-8-3-2-4-9-14/h2-4,8-9,13,15H,5-7,10,12H2,1H3/t13-,15-/m0/s1. The van der Waals surface area contributed by atoms with Crippen LogP contribution in [0.25, 0.3) is 0 Å². The number of rotatable bonds is 3. The average molecular weight is 256 g/mol. The fourth-order valence-electron chi connectivity index (χ4n) is 2.92. The van der Waals surface area contributed by atoms with Crippen LogP contribution >= 0.6 is 0 Å². The summed E-state index contributed by atoms with van der Waals surface area (Å²) < 4.78 is 0. The number of amides is 1. The molecular formula is C16H20N2O. The Kier molecular flexibility index (Phi) is 4.57. The van der Waals surface area contributed by atoms with Crippen LogP contribution in [0.1, 0.15) is 43.0 Å². The second-order valence-corrected chi connectivity index (χ2v) is 5.29. The molecule has 1 aromatic carbocycles. The smallest absolute Gasteiger partial charge is 0.254 e. The van der Waals surface area contributed by atoms with Crippen LogP contribution in [0, 0.1) is 17.2 Å². The Morgan fingerprint density at radius 1 is 1.32 bits per heavy atom. The quantitative estimate of drug-likeness (QED) is 0.779. The molecule has 1 aromatic rings. The van der Waals surface area contributed by atoms with E-state index in [1.807, 2.05) is 30.3 Å². The molecule has 1 amide bonds. The molecule has 1 fully saturated rings. The molecule has 0 N–H and O–H groups in total. The van der Waals surface area contributed by atoms with Gasteiger partial charge >= 0.3 is 0 Å². The van der Waals surface area contributed by atoms with Gasteiger partial charge in [0, 0.05) is 11.6 Å².